The van der Waals surface area contributed by atoms with Gasteiger partial charge in [0, 0.05) is 19.2 Å². The molecule has 2 N–H and O–H groups in total. The van der Waals surface area contributed by atoms with Crippen LogP contribution in [0.5, 0.6) is 0 Å². The summed E-state index contributed by atoms with van der Waals surface area (Å²) in [5.41, 5.74) is -0.0620. The van der Waals surface area contributed by atoms with E-state index in [-0.39, 0.29) is 12.2 Å². The Labute approximate surface area is 87.8 Å². The maximum atomic E-state index is 8.92. The summed E-state index contributed by atoms with van der Waals surface area (Å²) in [6.45, 7) is 12.0. The van der Waals surface area contributed by atoms with Crippen LogP contribution in [0.1, 0.15) is 34.6 Å². The zero-order valence-electron chi connectivity index (χ0n) is 10.1. The Morgan fingerprint density at radius 1 is 1.29 bits per heavy atom. The average molecular weight is 203 g/mol. The first-order valence-corrected chi connectivity index (χ1v) is 5.35. The molecule has 0 aromatic heterocycles. The van der Waals surface area contributed by atoms with Crippen LogP contribution in [0.15, 0.2) is 0 Å². The highest BCUT2D eigenvalue weighted by atomic mass is 16.5. The molecule has 0 saturated heterocycles. The summed E-state index contributed by atoms with van der Waals surface area (Å²) in [6.07, 6.45) is 0. The lowest BCUT2D eigenvalue weighted by Crippen LogP contribution is -2.37. The number of aliphatic hydroxyl groups excluding tert-OH is 1. The maximum Gasteiger partial charge on any atom is 0.0599 e. The van der Waals surface area contributed by atoms with Crippen LogP contribution in [-0.4, -0.2) is 36.5 Å². The number of aliphatic hydroxyl groups is 1. The molecule has 0 aliphatic rings. The number of rotatable bonds is 6. The zero-order valence-corrected chi connectivity index (χ0v) is 10.1. The highest BCUT2D eigenvalue weighted by molar-refractivity contribution is 4.67. The van der Waals surface area contributed by atoms with Gasteiger partial charge < -0.3 is 15.2 Å². The van der Waals surface area contributed by atoms with Gasteiger partial charge in [-0.3, -0.25) is 0 Å². The van der Waals surface area contributed by atoms with Crippen molar-refractivity contribution >= 4 is 0 Å². The molecular weight excluding hydrogens is 178 g/mol. The Morgan fingerprint density at radius 3 is 2.29 bits per heavy atom. The Hall–Kier alpha value is -0.120. The molecule has 0 aliphatic carbocycles. The van der Waals surface area contributed by atoms with Crippen molar-refractivity contribution in [2.75, 3.05) is 19.8 Å². The minimum atomic E-state index is -0.0620. The fraction of sp³-hybridized carbons (Fsp3) is 1.00. The van der Waals surface area contributed by atoms with E-state index in [0.29, 0.717) is 18.6 Å². The van der Waals surface area contributed by atoms with Crippen LogP contribution in [-0.2, 0) is 4.74 Å². The van der Waals surface area contributed by atoms with Crippen LogP contribution in [0.2, 0.25) is 0 Å². The molecule has 14 heavy (non-hydrogen) atoms. The number of ether oxygens (including phenoxy) is 1. The Kier molecular flexibility index (Phi) is 6.33. The molecule has 3 nitrogen and oxygen atoms in total. The van der Waals surface area contributed by atoms with Crippen molar-refractivity contribution in [3.8, 4) is 0 Å². The highest BCUT2D eigenvalue weighted by Crippen LogP contribution is 2.05. The van der Waals surface area contributed by atoms with Crippen molar-refractivity contribution < 1.29 is 9.84 Å². The Balaban J connectivity index is 3.45. The van der Waals surface area contributed by atoms with Gasteiger partial charge in [-0.25, -0.2) is 0 Å². The van der Waals surface area contributed by atoms with Crippen LogP contribution < -0.4 is 5.32 Å². The molecule has 2 unspecified atom stereocenters. The topological polar surface area (TPSA) is 41.5 Å². The predicted molar refractivity (Wildman–Crippen MR) is 59.4 cm³/mol. The Bertz CT molecular complexity index is 143. The van der Waals surface area contributed by atoms with E-state index in [2.05, 4.69) is 12.2 Å². The molecule has 0 saturated carbocycles. The number of hydrogen-bond donors (Lipinski definition) is 2. The summed E-state index contributed by atoms with van der Waals surface area (Å²) in [5.74, 6) is 0.296. The van der Waals surface area contributed by atoms with Crippen molar-refractivity contribution in [2.45, 2.75) is 46.3 Å². The molecule has 2 atom stereocenters. The highest BCUT2D eigenvalue weighted by Gasteiger charge is 2.12. The standard InChI is InChI=1S/C11H25NO2/c1-9(8-13)10(2)12-6-7-14-11(3,4)5/h9-10,12-13H,6-8H2,1-5H3. The molecule has 0 fully saturated rings. The van der Waals surface area contributed by atoms with Crippen LogP contribution in [0.4, 0.5) is 0 Å². The average Bonchev–Trinajstić information content (AvgIpc) is 2.09. The lowest BCUT2D eigenvalue weighted by atomic mass is 10.1. The van der Waals surface area contributed by atoms with E-state index < -0.39 is 0 Å². The molecule has 86 valence electrons. The van der Waals surface area contributed by atoms with E-state index in [9.17, 15) is 0 Å². The van der Waals surface area contributed by atoms with Crippen LogP contribution >= 0.6 is 0 Å². The van der Waals surface area contributed by atoms with Gasteiger partial charge in [-0.05, 0) is 33.6 Å². The fourth-order valence-electron chi connectivity index (χ4n) is 1.00. The smallest absolute Gasteiger partial charge is 0.0599 e. The van der Waals surface area contributed by atoms with Crippen LogP contribution in [0, 0.1) is 5.92 Å². The van der Waals surface area contributed by atoms with Gasteiger partial charge >= 0.3 is 0 Å². The lowest BCUT2D eigenvalue weighted by Gasteiger charge is -2.22. The maximum absolute atomic E-state index is 8.92. The molecule has 0 amide bonds. The third-order valence-corrected chi connectivity index (χ3v) is 2.24. The second-order valence-electron chi connectivity index (χ2n) is 4.86. The minimum absolute atomic E-state index is 0.0620. The molecular formula is C11H25NO2. The molecule has 0 aliphatic heterocycles. The van der Waals surface area contributed by atoms with Crippen molar-refractivity contribution in [1.82, 2.24) is 5.32 Å². The van der Waals surface area contributed by atoms with E-state index in [1.807, 2.05) is 27.7 Å². The van der Waals surface area contributed by atoms with Gasteiger partial charge in [0.15, 0.2) is 0 Å². The van der Waals surface area contributed by atoms with Crippen molar-refractivity contribution in [2.24, 2.45) is 5.92 Å². The van der Waals surface area contributed by atoms with Crippen molar-refractivity contribution in [1.29, 1.82) is 0 Å². The molecule has 0 spiro atoms. The molecule has 0 rings (SSSR count). The molecule has 0 aromatic rings. The van der Waals surface area contributed by atoms with Gasteiger partial charge in [0.05, 0.1) is 12.2 Å². The first-order valence-electron chi connectivity index (χ1n) is 5.35. The third-order valence-electron chi connectivity index (χ3n) is 2.24. The van der Waals surface area contributed by atoms with E-state index in [1.54, 1.807) is 0 Å². The van der Waals surface area contributed by atoms with Crippen molar-refractivity contribution in [3.05, 3.63) is 0 Å². The van der Waals surface area contributed by atoms with Gasteiger partial charge in [-0.15, -0.1) is 0 Å². The van der Waals surface area contributed by atoms with E-state index in [1.165, 1.54) is 0 Å². The predicted octanol–water partition coefficient (Wildman–Crippen LogP) is 1.41. The quantitative estimate of drug-likeness (QED) is 0.641. The molecule has 0 aromatic carbocycles. The van der Waals surface area contributed by atoms with Gasteiger partial charge in [-0.1, -0.05) is 6.92 Å². The van der Waals surface area contributed by atoms with E-state index >= 15 is 0 Å². The molecule has 0 radical (unpaired) electrons. The lowest BCUT2D eigenvalue weighted by molar-refractivity contribution is -0.00223. The summed E-state index contributed by atoms with van der Waals surface area (Å²) in [4.78, 5) is 0. The summed E-state index contributed by atoms with van der Waals surface area (Å²) in [7, 11) is 0. The van der Waals surface area contributed by atoms with Gasteiger partial charge in [0.25, 0.3) is 0 Å². The minimum Gasteiger partial charge on any atom is -0.396 e. The summed E-state index contributed by atoms with van der Waals surface area (Å²) < 4.78 is 5.57. The van der Waals surface area contributed by atoms with E-state index in [4.69, 9.17) is 9.84 Å². The second-order valence-corrected chi connectivity index (χ2v) is 4.86. The Morgan fingerprint density at radius 2 is 1.86 bits per heavy atom. The first kappa shape index (κ1) is 13.9. The first-order chi connectivity index (χ1) is 6.37. The largest absolute Gasteiger partial charge is 0.396 e. The number of nitrogens with one attached hydrogen (secondary N) is 1. The normalized spacial score (nSPS) is 16.7. The second kappa shape index (κ2) is 6.38. The number of hydrogen-bond acceptors (Lipinski definition) is 3. The van der Waals surface area contributed by atoms with Crippen molar-refractivity contribution in [3.63, 3.8) is 0 Å². The zero-order chi connectivity index (χ0) is 11.2. The molecule has 0 heterocycles. The molecule has 3 heteroatoms. The molecule has 0 bridgehead atoms. The van der Waals surface area contributed by atoms with Gasteiger partial charge in [0.1, 0.15) is 0 Å². The SMILES string of the molecule is CC(CO)C(C)NCCOC(C)(C)C. The monoisotopic (exact) mass is 203 g/mol. The van der Waals surface area contributed by atoms with Gasteiger partial charge in [-0.2, -0.15) is 0 Å². The fourth-order valence-corrected chi connectivity index (χ4v) is 1.00. The summed E-state index contributed by atoms with van der Waals surface area (Å²) >= 11 is 0. The van der Waals surface area contributed by atoms with E-state index in [0.717, 1.165) is 6.54 Å². The summed E-state index contributed by atoms with van der Waals surface area (Å²) in [6, 6.07) is 0.337. The van der Waals surface area contributed by atoms with Crippen LogP contribution in [0.25, 0.3) is 0 Å². The van der Waals surface area contributed by atoms with Crippen LogP contribution in [0.3, 0.4) is 0 Å². The third kappa shape index (κ3) is 7.30. The van der Waals surface area contributed by atoms with Gasteiger partial charge in [0.2, 0.25) is 0 Å². The summed E-state index contributed by atoms with van der Waals surface area (Å²) in [5, 5.41) is 12.2.